The van der Waals surface area contributed by atoms with Crippen molar-refractivity contribution in [2.24, 2.45) is 0 Å². The molecule has 62 valence electrons. The fourth-order valence-electron chi connectivity index (χ4n) is 0.553. The van der Waals surface area contributed by atoms with E-state index in [2.05, 4.69) is 9.79 Å². The largest absolute Gasteiger partial charge is 0.453 e. The Hall–Kier alpha value is -1.30. The Balaban J connectivity index is 2.63. The molecule has 1 rings (SSSR count). The van der Waals surface area contributed by atoms with E-state index in [4.69, 9.17) is 9.84 Å². The molecule has 0 saturated heterocycles. The summed E-state index contributed by atoms with van der Waals surface area (Å²) < 4.78 is 9.03. The highest BCUT2D eigenvalue weighted by molar-refractivity contribution is 5.07. The molecule has 0 spiro atoms. The summed E-state index contributed by atoms with van der Waals surface area (Å²) in [5.41, 5.74) is 0.249. The number of rotatable bonds is 3. The van der Waals surface area contributed by atoms with E-state index in [1.807, 2.05) is 0 Å². The fraction of sp³-hybridized carbons (Fsp3) is 0.600. The zero-order valence-corrected chi connectivity index (χ0v) is 5.98. The molecule has 1 aromatic rings. The Morgan fingerprint density at radius 2 is 2.55 bits per heavy atom. The Bertz CT molecular complexity index is 234. The van der Waals surface area contributed by atoms with Gasteiger partial charge in [-0.15, -0.1) is 0 Å². The highest BCUT2D eigenvalue weighted by Gasteiger charge is 2.14. The maximum Gasteiger partial charge on any atom is 0.397 e. The van der Waals surface area contributed by atoms with Crippen molar-refractivity contribution in [2.45, 2.75) is 6.92 Å². The third-order valence-corrected chi connectivity index (χ3v) is 1.11. The Morgan fingerprint density at radius 3 is 3.00 bits per heavy atom. The second-order valence-electron chi connectivity index (χ2n) is 1.89. The van der Waals surface area contributed by atoms with Crippen LogP contribution < -0.4 is 9.64 Å². The summed E-state index contributed by atoms with van der Waals surface area (Å²) in [4.78, 5) is 0.243. The van der Waals surface area contributed by atoms with Gasteiger partial charge in [-0.2, -0.15) is 0 Å². The second kappa shape index (κ2) is 3.20. The van der Waals surface area contributed by atoms with Crippen molar-refractivity contribution in [1.29, 1.82) is 0 Å². The summed E-state index contributed by atoms with van der Waals surface area (Å²) in [6, 6.07) is 0. The number of hydrogen-bond acceptors (Lipinski definition) is 5. The molecule has 6 heteroatoms. The molecule has 1 heterocycles. The minimum atomic E-state index is -0.120. The van der Waals surface area contributed by atoms with Gasteiger partial charge in [0.25, 0.3) is 0 Å². The van der Waals surface area contributed by atoms with E-state index in [1.54, 1.807) is 0 Å². The molecule has 0 aromatic carbocycles. The third-order valence-electron chi connectivity index (χ3n) is 1.11. The fourth-order valence-corrected chi connectivity index (χ4v) is 0.553. The van der Waals surface area contributed by atoms with Crippen LogP contribution in [-0.2, 0) is 0 Å². The molecule has 0 unspecified atom stereocenters. The lowest BCUT2D eigenvalue weighted by Gasteiger charge is -1.93. The lowest BCUT2D eigenvalue weighted by molar-refractivity contribution is -0.806. The highest BCUT2D eigenvalue weighted by Crippen LogP contribution is 2.07. The van der Waals surface area contributed by atoms with E-state index in [0.717, 1.165) is 0 Å². The van der Waals surface area contributed by atoms with Gasteiger partial charge in [0.2, 0.25) is 5.69 Å². The summed E-state index contributed by atoms with van der Waals surface area (Å²) in [6.45, 7) is 1.49. The maximum absolute atomic E-state index is 10.5. The molecule has 11 heavy (non-hydrogen) atoms. The summed E-state index contributed by atoms with van der Waals surface area (Å²) in [5.74, 6) is 0.119. The van der Waals surface area contributed by atoms with Crippen LogP contribution in [0, 0.1) is 12.1 Å². The molecule has 0 aliphatic heterocycles. The molecule has 0 bridgehead atoms. The predicted octanol–water partition coefficient (Wildman–Crippen LogP) is -1.01. The topological polar surface area (TPSA) is 82.4 Å². The van der Waals surface area contributed by atoms with Crippen LogP contribution in [0.3, 0.4) is 0 Å². The van der Waals surface area contributed by atoms with Gasteiger partial charge in [-0.3, -0.25) is 4.63 Å². The lowest BCUT2D eigenvalue weighted by Crippen LogP contribution is -2.25. The van der Waals surface area contributed by atoms with Gasteiger partial charge in [-0.05, 0) is 4.90 Å². The normalized spacial score (nSPS) is 10.0. The van der Waals surface area contributed by atoms with E-state index in [-0.39, 0.29) is 29.7 Å². The molecular weight excluding hydrogens is 152 g/mol. The number of ether oxygens (including phenoxy) is 1. The average Bonchev–Trinajstić information content (AvgIpc) is 2.31. The minimum absolute atomic E-state index is 0.105. The Kier molecular flexibility index (Phi) is 2.27. The van der Waals surface area contributed by atoms with E-state index in [0.29, 0.717) is 0 Å². The van der Waals surface area contributed by atoms with Crippen molar-refractivity contribution in [2.75, 3.05) is 13.2 Å². The second-order valence-corrected chi connectivity index (χ2v) is 1.89. The zero-order valence-electron chi connectivity index (χ0n) is 5.98. The molecule has 0 saturated carbocycles. The van der Waals surface area contributed by atoms with Crippen LogP contribution in [0.4, 0.5) is 0 Å². The number of nitrogens with zero attached hydrogens (tertiary/aromatic N) is 2. The summed E-state index contributed by atoms with van der Waals surface area (Å²) >= 11 is 0. The smallest absolute Gasteiger partial charge is 0.397 e. The van der Waals surface area contributed by atoms with Gasteiger partial charge in [-0.25, -0.2) is 0 Å². The van der Waals surface area contributed by atoms with Gasteiger partial charge in [0.1, 0.15) is 6.61 Å². The van der Waals surface area contributed by atoms with Gasteiger partial charge >= 0.3 is 5.88 Å². The molecule has 0 radical (unpaired) electrons. The molecule has 0 amide bonds. The summed E-state index contributed by atoms with van der Waals surface area (Å²) in [6.07, 6.45) is 0. The number of aliphatic hydroxyl groups is 1. The Morgan fingerprint density at radius 1 is 1.82 bits per heavy atom. The van der Waals surface area contributed by atoms with Crippen molar-refractivity contribution in [1.82, 2.24) is 5.16 Å². The van der Waals surface area contributed by atoms with Crippen molar-refractivity contribution in [3.05, 3.63) is 10.9 Å². The van der Waals surface area contributed by atoms with Gasteiger partial charge < -0.3 is 15.1 Å². The maximum atomic E-state index is 10.5. The van der Waals surface area contributed by atoms with Crippen LogP contribution in [0.2, 0.25) is 0 Å². The first kappa shape index (κ1) is 7.80. The first-order valence-corrected chi connectivity index (χ1v) is 3.05. The van der Waals surface area contributed by atoms with Crippen LogP contribution >= 0.6 is 0 Å². The van der Waals surface area contributed by atoms with Gasteiger partial charge in [-0.1, -0.05) is 0 Å². The first-order chi connectivity index (χ1) is 5.25. The number of hydrogen-bond donors (Lipinski definition) is 1. The van der Waals surface area contributed by atoms with Crippen molar-refractivity contribution < 1.29 is 19.4 Å². The predicted molar refractivity (Wildman–Crippen MR) is 32.8 cm³/mol. The number of aliphatic hydroxyl groups excluding tert-OH is 1. The van der Waals surface area contributed by atoms with Crippen LogP contribution in [0.5, 0.6) is 5.88 Å². The quantitative estimate of drug-likeness (QED) is 0.572. The Labute approximate surface area is 62.5 Å². The third kappa shape index (κ3) is 1.58. The number of aromatic nitrogens is 2. The van der Waals surface area contributed by atoms with E-state index in [1.165, 1.54) is 6.92 Å². The van der Waals surface area contributed by atoms with Crippen molar-refractivity contribution >= 4 is 0 Å². The van der Waals surface area contributed by atoms with Crippen molar-refractivity contribution in [3.8, 4) is 5.88 Å². The standard InChI is InChI=1S/C5H8N2O4/c1-4-5(10-3-2-8)6-11-7(4)9/h8H,2-3H2,1H3. The molecule has 0 atom stereocenters. The monoisotopic (exact) mass is 160 g/mol. The molecule has 0 aliphatic carbocycles. The van der Waals surface area contributed by atoms with Crippen LogP contribution in [0.1, 0.15) is 5.69 Å². The first-order valence-electron chi connectivity index (χ1n) is 3.05. The molecular formula is C5H8N2O4. The molecule has 6 nitrogen and oxygen atoms in total. The van der Waals surface area contributed by atoms with Crippen LogP contribution in [-0.4, -0.2) is 23.5 Å². The average molecular weight is 160 g/mol. The van der Waals surface area contributed by atoms with E-state index < -0.39 is 0 Å². The van der Waals surface area contributed by atoms with Crippen molar-refractivity contribution in [3.63, 3.8) is 0 Å². The minimum Gasteiger partial charge on any atom is -0.453 e. The van der Waals surface area contributed by atoms with Gasteiger partial charge in [0, 0.05) is 6.92 Å². The van der Waals surface area contributed by atoms with E-state index >= 15 is 0 Å². The van der Waals surface area contributed by atoms with E-state index in [9.17, 15) is 5.21 Å². The highest BCUT2D eigenvalue weighted by atomic mass is 16.8. The zero-order chi connectivity index (χ0) is 8.27. The molecule has 1 aromatic heterocycles. The van der Waals surface area contributed by atoms with Crippen LogP contribution in [0.15, 0.2) is 4.63 Å². The van der Waals surface area contributed by atoms with Crippen LogP contribution in [0.25, 0.3) is 0 Å². The van der Waals surface area contributed by atoms with Gasteiger partial charge in [0.15, 0.2) is 0 Å². The summed E-state index contributed by atoms with van der Waals surface area (Å²) in [7, 11) is 0. The van der Waals surface area contributed by atoms with Gasteiger partial charge in [0.05, 0.1) is 11.8 Å². The molecule has 0 aliphatic rings. The lowest BCUT2D eigenvalue weighted by atomic mass is 10.5. The molecule has 1 N–H and O–H groups in total. The molecule has 0 fully saturated rings. The SMILES string of the molecule is Cc1c(OCCO)no[n+]1[O-]. The summed E-state index contributed by atoms with van der Waals surface area (Å²) in [5, 5.41) is 22.2.